The largest absolute Gasteiger partial charge is 0.481 e. The van der Waals surface area contributed by atoms with E-state index < -0.39 is 5.97 Å². The van der Waals surface area contributed by atoms with Crippen LogP contribution in [-0.2, 0) is 9.59 Å². The van der Waals surface area contributed by atoms with E-state index in [1.807, 2.05) is 18.8 Å². The highest BCUT2D eigenvalue weighted by molar-refractivity contribution is 8.00. The summed E-state index contributed by atoms with van der Waals surface area (Å²) in [5, 5.41) is 15.0. The van der Waals surface area contributed by atoms with E-state index in [9.17, 15) is 14.4 Å². The van der Waals surface area contributed by atoms with E-state index in [4.69, 9.17) is 5.11 Å². The number of nitrogens with zero attached hydrogens (tertiary/aromatic N) is 1. The van der Waals surface area contributed by atoms with Crippen LogP contribution in [0.2, 0.25) is 0 Å². The molecule has 0 aromatic heterocycles. The van der Waals surface area contributed by atoms with Crippen LogP contribution in [0.3, 0.4) is 0 Å². The number of hydrogen-bond donors (Lipinski definition) is 3. The first-order valence-electron chi connectivity index (χ1n) is 9.12. The van der Waals surface area contributed by atoms with Gasteiger partial charge in [-0.05, 0) is 25.7 Å². The Morgan fingerprint density at radius 2 is 1.92 bits per heavy atom. The van der Waals surface area contributed by atoms with E-state index in [1.54, 1.807) is 4.90 Å². The van der Waals surface area contributed by atoms with Crippen LogP contribution in [0.15, 0.2) is 0 Å². The highest BCUT2D eigenvalue weighted by Crippen LogP contribution is 2.33. The molecular formula is C17H29N3O4S. The van der Waals surface area contributed by atoms with Crippen molar-refractivity contribution in [1.29, 1.82) is 0 Å². The van der Waals surface area contributed by atoms with Crippen LogP contribution in [0.5, 0.6) is 0 Å². The molecule has 3 atom stereocenters. The maximum Gasteiger partial charge on any atom is 0.315 e. The standard InChI is InChI=1S/C17H29N3O4S/c1-20(10-6-2-3-9-15(22)23)14(21)8-5-4-7-13-16-12(11-25-13)18-17(24)19-16/h12-13,16H,2-11H2,1H3,(H,22,23)(H2,18,19,24)/t12-,13-,16-/m1/s1. The van der Waals surface area contributed by atoms with Gasteiger partial charge in [0.2, 0.25) is 5.91 Å². The van der Waals surface area contributed by atoms with Crippen molar-refractivity contribution in [2.75, 3.05) is 19.3 Å². The third-order valence-corrected chi connectivity index (χ3v) is 6.39. The lowest BCUT2D eigenvalue weighted by atomic mass is 10.0. The summed E-state index contributed by atoms with van der Waals surface area (Å²) in [6.07, 6.45) is 6.02. The molecule has 2 saturated heterocycles. The van der Waals surface area contributed by atoms with E-state index >= 15 is 0 Å². The molecule has 0 aromatic carbocycles. The smallest absolute Gasteiger partial charge is 0.315 e. The number of carbonyl (C=O) groups excluding carboxylic acids is 2. The number of carboxylic acid groups (broad SMARTS) is 1. The lowest BCUT2D eigenvalue weighted by molar-refractivity contribution is -0.137. The maximum absolute atomic E-state index is 12.1. The molecule has 0 radical (unpaired) electrons. The number of hydrogen-bond acceptors (Lipinski definition) is 4. The van der Waals surface area contributed by atoms with Crippen molar-refractivity contribution < 1.29 is 19.5 Å². The zero-order chi connectivity index (χ0) is 18.2. The summed E-state index contributed by atoms with van der Waals surface area (Å²) in [5.74, 6) is 0.368. The molecule has 8 heteroatoms. The van der Waals surface area contributed by atoms with Gasteiger partial charge in [-0.15, -0.1) is 0 Å². The lowest BCUT2D eigenvalue weighted by Gasteiger charge is -2.18. The Morgan fingerprint density at radius 1 is 1.16 bits per heavy atom. The van der Waals surface area contributed by atoms with Gasteiger partial charge in [0.15, 0.2) is 0 Å². The molecule has 0 aromatic rings. The Hall–Kier alpha value is -1.44. The third-order valence-electron chi connectivity index (χ3n) is 4.88. The summed E-state index contributed by atoms with van der Waals surface area (Å²) < 4.78 is 0. The van der Waals surface area contributed by atoms with Gasteiger partial charge in [0.05, 0.1) is 12.1 Å². The molecule has 0 aliphatic carbocycles. The van der Waals surface area contributed by atoms with Gasteiger partial charge in [-0.1, -0.05) is 12.8 Å². The van der Waals surface area contributed by atoms with Gasteiger partial charge in [-0.2, -0.15) is 11.8 Å². The van der Waals surface area contributed by atoms with Crippen molar-refractivity contribution in [2.45, 2.75) is 68.7 Å². The van der Waals surface area contributed by atoms with Crippen LogP contribution in [0.1, 0.15) is 51.4 Å². The summed E-state index contributed by atoms with van der Waals surface area (Å²) >= 11 is 1.90. The van der Waals surface area contributed by atoms with Crippen molar-refractivity contribution in [3.63, 3.8) is 0 Å². The van der Waals surface area contributed by atoms with Crippen molar-refractivity contribution in [3.05, 3.63) is 0 Å². The molecule has 3 N–H and O–H groups in total. The zero-order valence-corrected chi connectivity index (χ0v) is 15.6. The molecular weight excluding hydrogens is 342 g/mol. The van der Waals surface area contributed by atoms with Gasteiger partial charge in [0.25, 0.3) is 0 Å². The monoisotopic (exact) mass is 371 g/mol. The average molecular weight is 372 g/mol. The highest BCUT2D eigenvalue weighted by atomic mass is 32.2. The highest BCUT2D eigenvalue weighted by Gasteiger charge is 2.42. The van der Waals surface area contributed by atoms with Crippen LogP contribution in [-0.4, -0.2) is 64.6 Å². The quantitative estimate of drug-likeness (QED) is 0.380. The number of fused-ring (bicyclic) bond motifs is 1. The van der Waals surface area contributed by atoms with Gasteiger partial charge in [-0.3, -0.25) is 9.59 Å². The summed E-state index contributed by atoms with van der Waals surface area (Å²) in [7, 11) is 1.82. The predicted octanol–water partition coefficient (Wildman–Crippen LogP) is 1.82. The average Bonchev–Trinajstić information content (AvgIpc) is 3.10. The van der Waals surface area contributed by atoms with Gasteiger partial charge < -0.3 is 20.6 Å². The lowest BCUT2D eigenvalue weighted by Crippen LogP contribution is -2.36. The van der Waals surface area contributed by atoms with Crippen molar-refractivity contribution >= 4 is 29.7 Å². The molecule has 0 saturated carbocycles. The van der Waals surface area contributed by atoms with Crippen molar-refractivity contribution in [1.82, 2.24) is 15.5 Å². The van der Waals surface area contributed by atoms with Crippen LogP contribution in [0.4, 0.5) is 4.79 Å². The number of rotatable bonds is 11. The molecule has 2 aliphatic rings. The molecule has 2 heterocycles. The van der Waals surface area contributed by atoms with Gasteiger partial charge >= 0.3 is 12.0 Å². The maximum atomic E-state index is 12.1. The number of thioether (sulfide) groups is 1. The molecule has 0 bridgehead atoms. The Balaban J connectivity index is 1.51. The fourth-order valence-electron chi connectivity index (χ4n) is 3.38. The molecule has 2 aliphatic heterocycles. The molecule has 0 unspecified atom stereocenters. The number of aliphatic carboxylic acids is 1. The molecule has 2 fully saturated rings. The summed E-state index contributed by atoms with van der Waals surface area (Å²) in [5.41, 5.74) is 0. The summed E-state index contributed by atoms with van der Waals surface area (Å²) in [6, 6.07) is 0.443. The zero-order valence-electron chi connectivity index (χ0n) is 14.8. The van der Waals surface area contributed by atoms with E-state index in [0.717, 1.165) is 37.9 Å². The first-order chi connectivity index (χ1) is 12.0. The Labute approximate surface area is 153 Å². The van der Waals surface area contributed by atoms with Gasteiger partial charge in [-0.25, -0.2) is 4.79 Å². The number of carboxylic acids is 1. The second kappa shape index (κ2) is 9.89. The Bertz CT molecular complexity index is 489. The van der Waals surface area contributed by atoms with E-state index in [1.165, 1.54) is 0 Å². The second-order valence-corrected chi connectivity index (χ2v) is 8.16. The second-order valence-electron chi connectivity index (χ2n) is 6.89. The molecule has 0 spiro atoms. The van der Waals surface area contributed by atoms with E-state index in [0.29, 0.717) is 24.6 Å². The minimum absolute atomic E-state index is 0.0551. The predicted molar refractivity (Wildman–Crippen MR) is 97.7 cm³/mol. The Morgan fingerprint density at radius 3 is 2.68 bits per heavy atom. The summed E-state index contributed by atoms with van der Waals surface area (Å²) in [6.45, 7) is 0.693. The van der Waals surface area contributed by atoms with Crippen LogP contribution in [0, 0.1) is 0 Å². The number of carbonyl (C=O) groups is 3. The normalized spacial score (nSPS) is 24.5. The molecule has 7 nitrogen and oxygen atoms in total. The fourth-order valence-corrected chi connectivity index (χ4v) is 4.93. The Kier molecular flexibility index (Phi) is 7.87. The molecule has 3 amide bonds. The first-order valence-corrected chi connectivity index (χ1v) is 10.2. The minimum Gasteiger partial charge on any atom is -0.481 e. The van der Waals surface area contributed by atoms with Crippen LogP contribution < -0.4 is 10.6 Å². The number of amides is 3. The third kappa shape index (κ3) is 6.41. The topological polar surface area (TPSA) is 98.7 Å². The number of urea groups is 1. The SMILES string of the molecule is CN(CCCCCC(=O)O)C(=O)CCCC[C@H]1SC[C@H]2NC(=O)N[C@H]21. The van der Waals surface area contributed by atoms with E-state index in [-0.39, 0.29) is 30.4 Å². The van der Waals surface area contributed by atoms with Gasteiger partial charge in [0, 0.05) is 37.4 Å². The summed E-state index contributed by atoms with van der Waals surface area (Å²) in [4.78, 5) is 35.6. The van der Waals surface area contributed by atoms with Crippen molar-refractivity contribution in [3.8, 4) is 0 Å². The number of nitrogens with one attached hydrogen (secondary N) is 2. The van der Waals surface area contributed by atoms with Crippen molar-refractivity contribution in [2.24, 2.45) is 0 Å². The van der Waals surface area contributed by atoms with Crippen LogP contribution >= 0.6 is 11.8 Å². The van der Waals surface area contributed by atoms with Gasteiger partial charge in [0.1, 0.15) is 0 Å². The van der Waals surface area contributed by atoms with E-state index in [2.05, 4.69) is 10.6 Å². The molecule has 2 rings (SSSR count). The number of unbranched alkanes of at least 4 members (excludes halogenated alkanes) is 3. The molecule has 142 valence electrons. The first kappa shape index (κ1) is 19.9. The minimum atomic E-state index is -0.760. The van der Waals surface area contributed by atoms with Crippen LogP contribution in [0.25, 0.3) is 0 Å². The fraction of sp³-hybridized carbons (Fsp3) is 0.824. The molecule has 25 heavy (non-hydrogen) atoms.